The van der Waals surface area contributed by atoms with Crippen LogP contribution >= 0.6 is 0 Å². The molecule has 0 spiro atoms. The van der Waals surface area contributed by atoms with E-state index in [1.165, 1.54) is 0 Å². The van der Waals surface area contributed by atoms with Crippen LogP contribution in [0.15, 0.2) is 42.7 Å². The molecule has 0 saturated heterocycles. The standard InChI is InChI=1S/C17H19NO3/c1-3-9-21-16-10-14(11-18-12-16)17(19)13-5-7-15(8-6-13)20-4-2/h5-8,10-12H,3-4,9H2,1-2H3. The number of aromatic nitrogens is 1. The molecule has 0 atom stereocenters. The molecule has 2 rings (SSSR count). The lowest BCUT2D eigenvalue weighted by Gasteiger charge is -2.07. The van der Waals surface area contributed by atoms with Crippen LogP contribution in [0.2, 0.25) is 0 Å². The molecule has 0 unspecified atom stereocenters. The van der Waals surface area contributed by atoms with Gasteiger partial charge in [-0.3, -0.25) is 9.78 Å². The van der Waals surface area contributed by atoms with Gasteiger partial charge in [-0.25, -0.2) is 0 Å². The van der Waals surface area contributed by atoms with Crippen molar-refractivity contribution in [3.05, 3.63) is 53.9 Å². The van der Waals surface area contributed by atoms with Crippen LogP contribution in [0.25, 0.3) is 0 Å². The van der Waals surface area contributed by atoms with E-state index in [2.05, 4.69) is 4.98 Å². The number of pyridine rings is 1. The molecule has 21 heavy (non-hydrogen) atoms. The van der Waals surface area contributed by atoms with E-state index in [1.54, 1.807) is 42.7 Å². The maximum Gasteiger partial charge on any atom is 0.194 e. The normalized spacial score (nSPS) is 10.2. The molecule has 0 N–H and O–H groups in total. The molecule has 0 aliphatic carbocycles. The Kier molecular flexibility index (Phi) is 5.32. The zero-order valence-electron chi connectivity index (χ0n) is 12.3. The van der Waals surface area contributed by atoms with E-state index in [1.807, 2.05) is 13.8 Å². The van der Waals surface area contributed by atoms with Crippen LogP contribution in [-0.2, 0) is 0 Å². The smallest absolute Gasteiger partial charge is 0.194 e. The minimum atomic E-state index is -0.0764. The first-order valence-corrected chi connectivity index (χ1v) is 7.10. The summed E-state index contributed by atoms with van der Waals surface area (Å²) in [6.45, 7) is 5.17. The molecular weight excluding hydrogens is 266 g/mol. The van der Waals surface area contributed by atoms with Gasteiger partial charge in [0.2, 0.25) is 0 Å². The minimum Gasteiger partial charge on any atom is -0.494 e. The predicted octanol–water partition coefficient (Wildman–Crippen LogP) is 3.50. The molecule has 2 aromatic rings. The largest absolute Gasteiger partial charge is 0.494 e. The van der Waals surface area contributed by atoms with E-state index in [4.69, 9.17) is 9.47 Å². The molecule has 1 aromatic heterocycles. The number of carbonyl (C=O) groups excluding carboxylic acids is 1. The van der Waals surface area contributed by atoms with Gasteiger partial charge < -0.3 is 9.47 Å². The van der Waals surface area contributed by atoms with Crippen molar-refractivity contribution in [2.24, 2.45) is 0 Å². The highest BCUT2D eigenvalue weighted by atomic mass is 16.5. The highest BCUT2D eigenvalue weighted by Gasteiger charge is 2.10. The van der Waals surface area contributed by atoms with Crippen molar-refractivity contribution < 1.29 is 14.3 Å². The number of nitrogens with zero attached hydrogens (tertiary/aromatic N) is 1. The maximum absolute atomic E-state index is 12.4. The van der Waals surface area contributed by atoms with Crippen molar-refractivity contribution in [1.29, 1.82) is 0 Å². The van der Waals surface area contributed by atoms with Gasteiger partial charge >= 0.3 is 0 Å². The second-order valence-electron chi connectivity index (χ2n) is 4.54. The van der Waals surface area contributed by atoms with Crippen LogP contribution in [0, 0.1) is 0 Å². The summed E-state index contributed by atoms with van der Waals surface area (Å²) in [6.07, 6.45) is 4.08. The van der Waals surface area contributed by atoms with Crippen LogP contribution in [-0.4, -0.2) is 24.0 Å². The molecule has 4 nitrogen and oxygen atoms in total. The van der Waals surface area contributed by atoms with E-state index in [0.717, 1.165) is 12.2 Å². The molecule has 1 heterocycles. The Balaban J connectivity index is 2.15. The van der Waals surface area contributed by atoms with Gasteiger partial charge in [-0.1, -0.05) is 6.92 Å². The van der Waals surface area contributed by atoms with Gasteiger partial charge in [-0.15, -0.1) is 0 Å². The lowest BCUT2D eigenvalue weighted by Crippen LogP contribution is -2.03. The van der Waals surface area contributed by atoms with E-state index >= 15 is 0 Å². The third-order valence-electron chi connectivity index (χ3n) is 2.88. The number of ketones is 1. The van der Waals surface area contributed by atoms with E-state index in [0.29, 0.717) is 30.1 Å². The molecule has 0 aliphatic rings. The van der Waals surface area contributed by atoms with Crippen LogP contribution < -0.4 is 9.47 Å². The summed E-state index contributed by atoms with van der Waals surface area (Å²) < 4.78 is 10.9. The molecule has 0 radical (unpaired) electrons. The Bertz CT molecular complexity index is 593. The highest BCUT2D eigenvalue weighted by molar-refractivity contribution is 6.09. The number of hydrogen-bond acceptors (Lipinski definition) is 4. The van der Waals surface area contributed by atoms with Crippen molar-refractivity contribution in [1.82, 2.24) is 4.98 Å². The van der Waals surface area contributed by atoms with Crippen LogP contribution in [0.1, 0.15) is 36.2 Å². The fourth-order valence-corrected chi connectivity index (χ4v) is 1.88. The molecule has 0 saturated carbocycles. The zero-order chi connectivity index (χ0) is 15.1. The van der Waals surface area contributed by atoms with Gasteiger partial charge in [0.05, 0.1) is 19.4 Å². The van der Waals surface area contributed by atoms with Crippen LogP contribution in [0.3, 0.4) is 0 Å². The summed E-state index contributed by atoms with van der Waals surface area (Å²) >= 11 is 0. The van der Waals surface area contributed by atoms with E-state index in [-0.39, 0.29) is 5.78 Å². The Hall–Kier alpha value is -2.36. The van der Waals surface area contributed by atoms with Crippen molar-refractivity contribution in [3.63, 3.8) is 0 Å². The third-order valence-corrected chi connectivity index (χ3v) is 2.88. The monoisotopic (exact) mass is 285 g/mol. The first-order valence-electron chi connectivity index (χ1n) is 7.10. The number of ether oxygens (including phenoxy) is 2. The lowest BCUT2D eigenvalue weighted by atomic mass is 10.0. The van der Waals surface area contributed by atoms with Gasteiger partial charge in [0.25, 0.3) is 0 Å². The van der Waals surface area contributed by atoms with Crippen LogP contribution in [0.5, 0.6) is 11.5 Å². The van der Waals surface area contributed by atoms with E-state index in [9.17, 15) is 4.79 Å². The second-order valence-corrected chi connectivity index (χ2v) is 4.54. The van der Waals surface area contributed by atoms with Crippen molar-refractivity contribution in [3.8, 4) is 11.5 Å². The predicted molar refractivity (Wildman–Crippen MR) is 81.1 cm³/mol. The van der Waals surface area contributed by atoms with Gasteiger partial charge in [-0.05, 0) is 43.7 Å². The van der Waals surface area contributed by atoms with Gasteiger partial charge in [-0.2, -0.15) is 0 Å². The molecule has 0 bridgehead atoms. The third kappa shape index (κ3) is 4.05. The molecular formula is C17H19NO3. The topological polar surface area (TPSA) is 48.4 Å². The molecule has 0 amide bonds. The zero-order valence-corrected chi connectivity index (χ0v) is 12.3. The number of hydrogen-bond donors (Lipinski definition) is 0. The Labute approximate surface area is 124 Å². The van der Waals surface area contributed by atoms with Crippen LogP contribution in [0.4, 0.5) is 0 Å². The average molecular weight is 285 g/mol. The molecule has 0 fully saturated rings. The van der Waals surface area contributed by atoms with Gasteiger partial charge in [0, 0.05) is 17.3 Å². The summed E-state index contributed by atoms with van der Waals surface area (Å²) in [5, 5.41) is 0. The van der Waals surface area contributed by atoms with Gasteiger partial charge in [0.1, 0.15) is 11.5 Å². The average Bonchev–Trinajstić information content (AvgIpc) is 2.53. The molecule has 4 heteroatoms. The van der Waals surface area contributed by atoms with Gasteiger partial charge in [0.15, 0.2) is 5.78 Å². The summed E-state index contributed by atoms with van der Waals surface area (Å²) in [4.78, 5) is 16.5. The minimum absolute atomic E-state index is 0.0764. The number of benzene rings is 1. The number of rotatable bonds is 7. The first-order chi connectivity index (χ1) is 10.2. The Morgan fingerprint density at radius 1 is 1.00 bits per heavy atom. The fraction of sp³-hybridized carbons (Fsp3) is 0.294. The summed E-state index contributed by atoms with van der Waals surface area (Å²) in [5.74, 6) is 1.30. The van der Waals surface area contributed by atoms with Crippen molar-refractivity contribution in [2.45, 2.75) is 20.3 Å². The Morgan fingerprint density at radius 3 is 2.43 bits per heavy atom. The number of carbonyl (C=O) groups is 1. The molecule has 110 valence electrons. The maximum atomic E-state index is 12.4. The second kappa shape index (κ2) is 7.43. The molecule has 1 aromatic carbocycles. The Morgan fingerprint density at radius 2 is 1.76 bits per heavy atom. The highest BCUT2D eigenvalue weighted by Crippen LogP contribution is 2.18. The SMILES string of the molecule is CCCOc1cncc(C(=O)c2ccc(OCC)cc2)c1. The van der Waals surface area contributed by atoms with Crippen molar-refractivity contribution >= 4 is 5.78 Å². The fourth-order valence-electron chi connectivity index (χ4n) is 1.88. The quantitative estimate of drug-likeness (QED) is 0.730. The summed E-state index contributed by atoms with van der Waals surface area (Å²) in [6, 6.07) is 8.82. The molecule has 0 aliphatic heterocycles. The summed E-state index contributed by atoms with van der Waals surface area (Å²) in [5.41, 5.74) is 1.13. The lowest BCUT2D eigenvalue weighted by molar-refractivity contribution is 0.103. The first kappa shape index (κ1) is 15.0. The summed E-state index contributed by atoms with van der Waals surface area (Å²) in [7, 11) is 0. The van der Waals surface area contributed by atoms with E-state index < -0.39 is 0 Å². The van der Waals surface area contributed by atoms with Crippen molar-refractivity contribution in [2.75, 3.05) is 13.2 Å².